The lowest BCUT2D eigenvalue weighted by Crippen LogP contribution is -2.12. The molecule has 0 heterocycles. The van der Waals surface area contributed by atoms with Crippen LogP contribution in [0.3, 0.4) is 0 Å². The van der Waals surface area contributed by atoms with E-state index in [0.717, 1.165) is 10.8 Å². The van der Waals surface area contributed by atoms with Crippen LogP contribution in [0.1, 0.15) is 5.56 Å². The summed E-state index contributed by atoms with van der Waals surface area (Å²) in [6, 6.07) is 17.6. The maximum Gasteiger partial charge on any atom is 0.315 e. The molecule has 0 saturated heterocycles. The van der Waals surface area contributed by atoms with E-state index in [9.17, 15) is 9.18 Å². The Labute approximate surface area is 135 Å². The summed E-state index contributed by atoms with van der Waals surface area (Å²) in [5.74, 6) is -0.474. The van der Waals surface area contributed by atoms with Crippen LogP contribution in [-0.4, -0.2) is 5.97 Å². The van der Waals surface area contributed by atoms with Gasteiger partial charge in [-0.2, -0.15) is 0 Å². The van der Waals surface area contributed by atoms with E-state index in [4.69, 9.17) is 4.74 Å². The van der Waals surface area contributed by atoms with Gasteiger partial charge in [0.1, 0.15) is 11.6 Å². The molecule has 2 nitrogen and oxygen atoms in total. The number of hydrogen-bond donors (Lipinski definition) is 0. The molecule has 0 spiro atoms. The monoisotopic (exact) mass is 358 g/mol. The predicted molar refractivity (Wildman–Crippen MR) is 87.4 cm³/mol. The molecule has 0 amide bonds. The van der Waals surface area contributed by atoms with Crippen LogP contribution in [0.25, 0.3) is 10.8 Å². The summed E-state index contributed by atoms with van der Waals surface area (Å²) in [5, 5.41) is 2.00. The highest BCUT2D eigenvalue weighted by atomic mass is 79.9. The van der Waals surface area contributed by atoms with Gasteiger partial charge < -0.3 is 4.74 Å². The first-order chi connectivity index (χ1) is 10.6. The van der Waals surface area contributed by atoms with E-state index in [1.54, 1.807) is 24.3 Å². The smallest absolute Gasteiger partial charge is 0.315 e. The zero-order chi connectivity index (χ0) is 15.5. The maximum absolute atomic E-state index is 13.6. The summed E-state index contributed by atoms with van der Waals surface area (Å²) >= 11 is 3.46. The second kappa shape index (κ2) is 6.28. The predicted octanol–water partition coefficient (Wildman–Crippen LogP) is 4.89. The van der Waals surface area contributed by atoms with E-state index in [-0.39, 0.29) is 6.42 Å². The third-order valence-corrected chi connectivity index (χ3v) is 4.16. The van der Waals surface area contributed by atoms with Gasteiger partial charge >= 0.3 is 5.97 Å². The number of esters is 1. The fourth-order valence-electron chi connectivity index (χ4n) is 2.25. The summed E-state index contributed by atoms with van der Waals surface area (Å²) < 4.78 is 19.6. The number of benzene rings is 3. The first kappa shape index (κ1) is 14.7. The van der Waals surface area contributed by atoms with Crippen molar-refractivity contribution in [3.8, 4) is 5.75 Å². The van der Waals surface area contributed by atoms with E-state index in [0.29, 0.717) is 15.8 Å². The molecular weight excluding hydrogens is 347 g/mol. The second-order valence-electron chi connectivity index (χ2n) is 4.84. The molecule has 0 bridgehead atoms. The topological polar surface area (TPSA) is 26.3 Å². The highest BCUT2D eigenvalue weighted by molar-refractivity contribution is 9.10. The van der Waals surface area contributed by atoms with Gasteiger partial charge in [0.05, 0.1) is 10.9 Å². The minimum Gasteiger partial charge on any atom is -0.425 e. The molecule has 0 aliphatic rings. The Hall–Kier alpha value is -2.20. The Morgan fingerprint density at radius 1 is 1.00 bits per heavy atom. The van der Waals surface area contributed by atoms with Crippen molar-refractivity contribution in [1.29, 1.82) is 0 Å². The van der Waals surface area contributed by atoms with E-state index in [2.05, 4.69) is 15.9 Å². The normalized spacial score (nSPS) is 10.6. The van der Waals surface area contributed by atoms with E-state index >= 15 is 0 Å². The van der Waals surface area contributed by atoms with Crippen LogP contribution in [0.4, 0.5) is 4.39 Å². The fourth-order valence-corrected chi connectivity index (χ4v) is 2.82. The van der Waals surface area contributed by atoms with Crippen LogP contribution in [0.15, 0.2) is 65.1 Å². The third-order valence-electron chi connectivity index (χ3n) is 3.34. The van der Waals surface area contributed by atoms with E-state index in [1.165, 1.54) is 6.07 Å². The van der Waals surface area contributed by atoms with E-state index < -0.39 is 11.8 Å². The summed E-state index contributed by atoms with van der Waals surface area (Å²) in [6.45, 7) is 0. The molecule has 0 fully saturated rings. The molecule has 22 heavy (non-hydrogen) atoms. The SMILES string of the molecule is O=C(Cc1ccccc1F)Oc1ccc2ccccc2c1Br. The number of ether oxygens (including phenoxy) is 1. The Bertz CT molecular complexity index is 845. The Balaban J connectivity index is 1.83. The Kier molecular flexibility index (Phi) is 4.20. The van der Waals surface area contributed by atoms with Crippen molar-refractivity contribution in [2.75, 3.05) is 0 Å². The van der Waals surface area contributed by atoms with Crippen molar-refractivity contribution in [3.05, 3.63) is 76.5 Å². The largest absolute Gasteiger partial charge is 0.425 e. The van der Waals surface area contributed by atoms with Gasteiger partial charge in [-0.05, 0) is 44.4 Å². The number of rotatable bonds is 3. The molecule has 0 N–H and O–H groups in total. The lowest BCUT2D eigenvalue weighted by atomic mass is 10.1. The number of hydrogen-bond acceptors (Lipinski definition) is 2. The van der Waals surface area contributed by atoms with Gasteiger partial charge in [0.15, 0.2) is 0 Å². The second-order valence-corrected chi connectivity index (χ2v) is 5.63. The van der Waals surface area contributed by atoms with Crippen LogP contribution in [0, 0.1) is 5.82 Å². The Morgan fingerprint density at radius 2 is 1.73 bits per heavy atom. The van der Waals surface area contributed by atoms with Crippen molar-refractivity contribution < 1.29 is 13.9 Å². The van der Waals surface area contributed by atoms with Crippen molar-refractivity contribution in [2.24, 2.45) is 0 Å². The van der Waals surface area contributed by atoms with Crippen molar-refractivity contribution in [2.45, 2.75) is 6.42 Å². The molecule has 3 aromatic rings. The van der Waals surface area contributed by atoms with Crippen molar-refractivity contribution in [3.63, 3.8) is 0 Å². The number of fused-ring (bicyclic) bond motifs is 1. The zero-order valence-electron chi connectivity index (χ0n) is 11.6. The Morgan fingerprint density at radius 3 is 2.55 bits per heavy atom. The molecule has 0 atom stereocenters. The average Bonchev–Trinajstić information content (AvgIpc) is 2.53. The van der Waals surface area contributed by atoms with Crippen LogP contribution >= 0.6 is 15.9 Å². The average molecular weight is 359 g/mol. The molecular formula is C18H12BrFO2. The summed E-state index contributed by atoms with van der Waals surface area (Å²) in [5.41, 5.74) is 0.324. The standard InChI is InChI=1S/C18H12BrFO2/c19-18-14-7-3-1-5-12(14)9-10-16(18)22-17(21)11-13-6-2-4-8-15(13)20/h1-10H,11H2. The summed E-state index contributed by atoms with van der Waals surface area (Å²) in [4.78, 5) is 12.0. The quantitative estimate of drug-likeness (QED) is 0.492. The van der Waals surface area contributed by atoms with Gasteiger partial charge in [-0.1, -0.05) is 48.5 Å². The number of carbonyl (C=O) groups is 1. The molecule has 0 unspecified atom stereocenters. The van der Waals surface area contributed by atoms with Crippen LogP contribution in [-0.2, 0) is 11.2 Å². The van der Waals surface area contributed by atoms with Crippen molar-refractivity contribution in [1.82, 2.24) is 0 Å². The zero-order valence-corrected chi connectivity index (χ0v) is 13.1. The molecule has 3 rings (SSSR count). The first-order valence-electron chi connectivity index (χ1n) is 6.76. The van der Waals surface area contributed by atoms with Gasteiger partial charge in [0.25, 0.3) is 0 Å². The fraction of sp³-hybridized carbons (Fsp3) is 0.0556. The van der Waals surface area contributed by atoms with Crippen LogP contribution < -0.4 is 4.74 Å². The van der Waals surface area contributed by atoms with Crippen molar-refractivity contribution >= 4 is 32.7 Å². The lowest BCUT2D eigenvalue weighted by molar-refractivity contribution is -0.133. The molecule has 0 aromatic heterocycles. The van der Waals surface area contributed by atoms with E-state index in [1.807, 2.05) is 30.3 Å². The van der Waals surface area contributed by atoms with Crippen LogP contribution in [0.2, 0.25) is 0 Å². The summed E-state index contributed by atoms with van der Waals surface area (Å²) in [7, 11) is 0. The van der Waals surface area contributed by atoms with Crippen LogP contribution in [0.5, 0.6) is 5.75 Å². The lowest BCUT2D eigenvalue weighted by Gasteiger charge is -2.09. The molecule has 4 heteroatoms. The van der Waals surface area contributed by atoms with Gasteiger partial charge in [-0.15, -0.1) is 0 Å². The maximum atomic E-state index is 13.6. The minimum atomic E-state index is -0.499. The first-order valence-corrected chi connectivity index (χ1v) is 7.56. The molecule has 110 valence electrons. The molecule has 0 aliphatic carbocycles. The van der Waals surface area contributed by atoms with Gasteiger partial charge in [-0.25, -0.2) is 4.39 Å². The minimum absolute atomic E-state index is 0.105. The van der Waals surface area contributed by atoms with Gasteiger partial charge in [0.2, 0.25) is 0 Å². The number of halogens is 2. The van der Waals surface area contributed by atoms with Gasteiger partial charge in [0, 0.05) is 0 Å². The molecule has 0 aliphatic heterocycles. The van der Waals surface area contributed by atoms with Gasteiger partial charge in [-0.3, -0.25) is 4.79 Å². The molecule has 0 radical (unpaired) electrons. The highest BCUT2D eigenvalue weighted by Gasteiger charge is 2.13. The highest BCUT2D eigenvalue weighted by Crippen LogP contribution is 2.33. The third kappa shape index (κ3) is 3.02. The molecule has 0 saturated carbocycles. The number of carbonyl (C=O) groups excluding carboxylic acids is 1. The summed E-state index contributed by atoms with van der Waals surface area (Å²) in [6.07, 6.45) is -0.105. The molecule has 3 aromatic carbocycles.